The molecule has 1 N–H and O–H groups in total. The number of H-pyrrole nitrogens is 1. The van der Waals surface area contributed by atoms with Gasteiger partial charge in [-0.2, -0.15) is 0 Å². The van der Waals surface area contributed by atoms with E-state index in [0.717, 1.165) is 36.7 Å². The molecule has 1 aromatic carbocycles. The average molecular weight is 386 g/mol. The van der Waals surface area contributed by atoms with Crippen molar-refractivity contribution >= 4 is 16.8 Å². The normalized spacial score (nSPS) is 25.8. The molecule has 28 heavy (non-hydrogen) atoms. The van der Waals surface area contributed by atoms with Crippen LogP contribution in [0.3, 0.4) is 0 Å². The Labute approximate surface area is 166 Å². The fraction of sp³-hybridized carbons (Fsp3) is 0.591. The zero-order valence-corrected chi connectivity index (χ0v) is 17.6. The van der Waals surface area contributed by atoms with Crippen molar-refractivity contribution in [1.82, 2.24) is 9.88 Å². The fourth-order valence-corrected chi connectivity index (χ4v) is 5.72. The van der Waals surface area contributed by atoms with Gasteiger partial charge in [-0.1, -0.05) is 20.8 Å². The highest BCUT2D eigenvalue weighted by Gasteiger charge is 2.51. The van der Waals surface area contributed by atoms with Crippen LogP contribution in [0.5, 0.6) is 17.2 Å². The van der Waals surface area contributed by atoms with Crippen LogP contribution in [-0.4, -0.2) is 49.7 Å². The van der Waals surface area contributed by atoms with Crippen LogP contribution in [0.4, 0.5) is 0 Å². The van der Waals surface area contributed by atoms with Gasteiger partial charge in [-0.25, -0.2) is 0 Å². The lowest BCUT2D eigenvalue weighted by molar-refractivity contribution is 0.0703. The molecule has 6 heteroatoms. The van der Waals surface area contributed by atoms with Crippen molar-refractivity contribution in [1.29, 1.82) is 0 Å². The first-order valence-electron chi connectivity index (χ1n) is 9.83. The number of carbonyl (C=O) groups is 1. The molecular weight excluding hydrogens is 356 g/mol. The van der Waals surface area contributed by atoms with E-state index in [9.17, 15) is 4.79 Å². The number of hydrogen-bond acceptors (Lipinski definition) is 4. The second kappa shape index (κ2) is 6.33. The highest BCUT2D eigenvalue weighted by atomic mass is 16.5. The van der Waals surface area contributed by atoms with E-state index in [-0.39, 0.29) is 16.7 Å². The third-order valence-electron chi connectivity index (χ3n) is 6.33. The fourth-order valence-electron chi connectivity index (χ4n) is 5.72. The molecule has 1 aliphatic carbocycles. The summed E-state index contributed by atoms with van der Waals surface area (Å²) < 4.78 is 16.5. The number of aromatic nitrogens is 1. The summed E-state index contributed by atoms with van der Waals surface area (Å²) >= 11 is 0. The summed E-state index contributed by atoms with van der Waals surface area (Å²) in [5.74, 6) is 1.73. The molecule has 0 spiro atoms. The van der Waals surface area contributed by atoms with Crippen molar-refractivity contribution in [2.75, 3.05) is 27.9 Å². The number of fused-ring (bicyclic) bond motifs is 3. The Morgan fingerprint density at radius 3 is 2.43 bits per heavy atom. The Kier molecular flexibility index (Phi) is 4.28. The van der Waals surface area contributed by atoms with Gasteiger partial charge in [0.15, 0.2) is 11.5 Å². The van der Waals surface area contributed by atoms with Gasteiger partial charge in [0.1, 0.15) is 5.69 Å². The molecular formula is C22H30N2O4. The summed E-state index contributed by atoms with van der Waals surface area (Å²) in [5.41, 5.74) is 1.86. The lowest BCUT2D eigenvalue weighted by Gasteiger charge is -2.39. The SMILES string of the molecule is COc1cc2[nH]c(C(=O)N3CC4(C)CC3CC(C)(C)C4)cc2c(OC)c1OC. The van der Waals surface area contributed by atoms with E-state index in [0.29, 0.717) is 29.0 Å². The number of carbonyl (C=O) groups excluding carboxylic acids is 1. The zero-order chi connectivity index (χ0) is 20.3. The molecule has 2 bridgehead atoms. The molecule has 1 saturated heterocycles. The number of ether oxygens (including phenoxy) is 3. The van der Waals surface area contributed by atoms with E-state index in [4.69, 9.17) is 14.2 Å². The maximum atomic E-state index is 13.4. The minimum Gasteiger partial charge on any atom is -0.493 e. The van der Waals surface area contributed by atoms with Crippen LogP contribution >= 0.6 is 0 Å². The number of hydrogen-bond donors (Lipinski definition) is 1. The number of methoxy groups -OCH3 is 3. The predicted molar refractivity (Wildman–Crippen MR) is 109 cm³/mol. The minimum absolute atomic E-state index is 0.0580. The second-order valence-electron chi connectivity index (χ2n) is 9.44. The highest BCUT2D eigenvalue weighted by Crippen LogP contribution is 2.53. The van der Waals surface area contributed by atoms with Crippen molar-refractivity contribution in [3.05, 3.63) is 17.8 Å². The van der Waals surface area contributed by atoms with E-state index in [1.807, 2.05) is 12.1 Å². The molecule has 2 aromatic rings. The first-order chi connectivity index (χ1) is 13.2. The van der Waals surface area contributed by atoms with Crippen molar-refractivity contribution in [2.24, 2.45) is 10.8 Å². The van der Waals surface area contributed by atoms with E-state index < -0.39 is 0 Å². The Balaban J connectivity index is 1.73. The van der Waals surface area contributed by atoms with E-state index >= 15 is 0 Å². The van der Waals surface area contributed by atoms with Gasteiger partial charge in [-0.3, -0.25) is 4.79 Å². The standard InChI is InChI=1S/C22H30N2O4/c1-21(2)9-13-10-22(3,11-21)12-24(13)20(25)16-7-14-15(23-16)8-17(26-4)19(28-6)18(14)27-5/h7-8,13,23H,9-12H2,1-6H3. The van der Waals surface area contributed by atoms with Crippen molar-refractivity contribution in [3.8, 4) is 17.2 Å². The lowest BCUT2D eigenvalue weighted by atomic mass is 9.65. The number of rotatable bonds is 4. The molecule has 2 aliphatic rings. The van der Waals surface area contributed by atoms with Crippen LogP contribution < -0.4 is 14.2 Å². The van der Waals surface area contributed by atoms with Gasteiger partial charge in [0, 0.05) is 24.0 Å². The molecule has 1 aliphatic heterocycles. The maximum absolute atomic E-state index is 13.4. The molecule has 2 fully saturated rings. The van der Waals surface area contributed by atoms with Gasteiger partial charge in [0.2, 0.25) is 5.75 Å². The maximum Gasteiger partial charge on any atom is 0.270 e. The van der Waals surface area contributed by atoms with Crippen LogP contribution in [0.15, 0.2) is 12.1 Å². The van der Waals surface area contributed by atoms with Gasteiger partial charge in [0.25, 0.3) is 5.91 Å². The molecule has 1 aromatic heterocycles. The van der Waals surface area contributed by atoms with Crippen molar-refractivity contribution < 1.29 is 19.0 Å². The van der Waals surface area contributed by atoms with Gasteiger partial charge in [-0.15, -0.1) is 0 Å². The molecule has 6 nitrogen and oxygen atoms in total. The van der Waals surface area contributed by atoms with Gasteiger partial charge in [0.05, 0.1) is 26.8 Å². The summed E-state index contributed by atoms with van der Waals surface area (Å²) in [5, 5.41) is 0.817. The van der Waals surface area contributed by atoms with Crippen LogP contribution in [0.1, 0.15) is 50.5 Å². The largest absolute Gasteiger partial charge is 0.493 e. The Morgan fingerprint density at radius 2 is 1.79 bits per heavy atom. The first kappa shape index (κ1) is 19.0. The van der Waals surface area contributed by atoms with E-state index in [1.165, 1.54) is 0 Å². The quantitative estimate of drug-likeness (QED) is 0.854. The molecule has 0 radical (unpaired) electrons. The lowest BCUT2D eigenvalue weighted by Crippen LogP contribution is -2.37. The Morgan fingerprint density at radius 1 is 1.07 bits per heavy atom. The molecule has 152 valence electrons. The van der Waals surface area contributed by atoms with Crippen LogP contribution in [-0.2, 0) is 0 Å². The van der Waals surface area contributed by atoms with Gasteiger partial charge >= 0.3 is 0 Å². The van der Waals surface area contributed by atoms with E-state index in [2.05, 4.69) is 30.7 Å². The van der Waals surface area contributed by atoms with Gasteiger partial charge in [-0.05, 0) is 36.2 Å². The monoisotopic (exact) mass is 386 g/mol. The highest BCUT2D eigenvalue weighted by molar-refractivity contribution is 6.01. The Hall–Kier alpha value is -2.37. The average Bonchev–Trinajstić information content (AvgIpc) is 3.16. The summed E-state index contributed by atoms with van der Waals surface area (Å²) in [6.45, 7) is 7.77. The zero-order valence-electron chi connectivity index (χ0n) is 17.6. The van der Waals surface area contributed by atoms with Crippen LogP contribution in [0, 0.1) is 10.8 Å². The minimum atomic E-state index is 0.0580. The number of aromatic amines is 1. The first-order valence-corrected chi connectivity index (χ1v) is 9.83. The molecule has 2 unspecified atom stereocenters. The number of likely N-dealkylation sites (tertiary alicyclic amines) is 1. The molecule has 1 saturated carbocycles. The molecule has 4 rings (SSSR count). The summed E-state index contributed by atoms with van der Waals surface area (Å²) in [4.78, 5) is 18.8. The van der Waals surface area contributed by atoms with Crippen LogP contribution in [0.25, 0.3) is 10.9 Å². The predicted octanol–water partition coefficient (Wildman–Crippen LogP) is 4.23. The summed E-state index contributed by atoms with van der Waals surface area (Å²) in [7, 11) is 4.76. The number of nitrogens with one attached hydrogen (secondary N) is 1. The molecule has 1 amide bonds. The summed E-state index contributed by atoms with van der Waals surface area (Å²) in [6, 6.07) is 4.02. The topological polar surface area (TPSA) is 63.8 Å². The Bertz CT molecular complexity index is 932. The number of nitrogens with zero attached hydrogens (tertiary/aromatic N) is 1. The smallest absolute Gasteiger partial charge is 0.270 e. The second-order valence-corrected chi connectivity index (χ2v) is 9.44. The van der Waals surface area contributed by atoms with E-state index in [1.54, 1.807) is 21.3 Å². The number of amides is 1. The molecule has 2 heterocycles. The van der Waals surface area contributed by atoms with Crippen molar-refractivity contribution in [3.63, 3.8) is 0 Å². The molecule has 2 atom stereocenters. The van der Waals surface area contributed by atoms with Crippen molar-refractivity contribution in [2.45, 2.75) is 46.1 Å². The third kappa shape index (κ3) is 2.90. The van der Waals surface area contributed by atoms with Crippen LogP contribution in [0.2, 0.25) is 0 Å². The number of benzene rings is 1. The van der Waals surface area contributed by atoms with Gasteiger partial charge < -0.3 is 24.1 Å². The summed E-state index contributed by atoms with van der Waals surface area (Å²) in [6.07, 6.45) is 3.31. The third-order valence-corrected chi connectivity index (χ3v) is 6.33.